The first-order valence-electron chi connectivity index (χ1n) is 20.6. The molecule has 7 aliphatic rings. The molecule has 10 heteroatoms. The number of piperazine rings is 1. The number of amides is 1. The second-order valence-electron chi connectivity index (χ2n) is 18.2. The lowest BCUT2D eigenvalue weighted by Crippen LogP contribution is -2.72. The Bertz CT molecular complexity index is 1970. The number of likely N-dealkylation sites (N-methyl/N-ethyl adjacent to an activating group) is 1. The van der Waals surface area contributed by atoms with E-state index in [1.165, 1.54) is 5.57 Å². The van der Waals surface area contributed by atoms with E-state index < -0.39 is 28.3 Å². The predicted octanol–water partition coefficient (Wildman–Crippen LogP) is 6.91. The molecule has 1 spiro atoms. The first kappa shape index (κ1) is 40.2. The highest BCUT2D eigenvalue weighted by Gasteiger charge is 2.81. The summed E-state index contributed by atoms with van der Waals surface area (Å²) in [5.74, 6) is -1.07. The molecule has 8 rings (SSSR count). The van der Waals surface area contributed by atoms with Crippen molar-refractivity contribution in [2.45, 2.75) is 116 Å². The summed E-state index contributed by atoms with van der Waals surface area (Å²) in [4.78, 5) is 47.9. The number of rotatable bonds is 12. The fourth-order valence-corrected chi connectivity index (χ4v) is 9.89. The third-order valence-corrected chi connectivity index (χ3v) is 13.0. The van der Waals surface area contributed by atoms with E-state index in [0.717, 1.165) is 51.1 Å². The van der Waals surface area contributed by atoms with Gasteiger partial charge in [0, 0.05) is 67.7 Å². The molecule has 10 nitrogen and oxygen atoms in total. The molecule has 1 aromatic carbocycles. The quantitative estimate of drug-likeness (QED) is 0.133. The Labute approximate surface area is 332 Å². The van der Waals surface area contributed by atoms with Gasteiger partial charge in [-0.2, -0.15) is 0 Å². The molecule has 4 bridgehead atoms. The standard InChI is InChI=1S/C46H61N3O7/c1-28(2)12-10-17-44(8)18-16-32-37(50)36-38(51)34-26-31-27-35-43(6,7)56-45(41(31)52,46(34,35)55-40(36)33(39(32)54-44)14-13-29(3)4)19-15-30(5)42(53)47-20-11-21-49-24-22-48(9)23-25-49/h12-13,15-16,18,26,31,35,50H,10-11,14,17,19-25,27H2,1-9H3,(H,47,53)/b30-15-. The van der Waals surface area contributed by atoms with Gasteiger partial charge in [-0.05, 0) is 113 Å². The van der Waals surface area contributed by atoms with Crippen LogP contribution in [0.4, 0.5) is 0 Å². The molecule has 2 saturated heterocycles. The minimum atomic E-state index is -1.57. The zero-order valence-electron chi connectivity index (χ0n) is 34.9. The monoisotopic (exact) mass is 767 g/mol. The van der Waals surface area contributed by atoms with E-state index in [1.807, 2.05) is 46.8 Å². The van der Waals surface area contributed by atoms with Crippen LogP contribution in [0.1, 0.15) is 109 Å². The highest BCUT2D eigenvalue weighted by atomic mass is 16.6. The van der Waals surface area contributed by atoms with Crippen molar-refractivity contribution in [2.24, 2.45) is 11.8 Å². The average Bonchev–Trinajstić information content (AvgIpc) is 3.29. The zero-order valence-corrected chi connectivity index (χ0v) is 34.9. The Morgan fingerprint density at radius 1 is 0.982 bits per heavy atom. The van der Waals surface area contributed by atoms with Gasteiger partial charge in [0.05, 0.1) is 11.2 Å². The summed E-state index contributed by atoms with van der Waals surface area (Å²) >= 11 is 0. The van der Waals surface area contributed by atoms with Crippen molar-refractivity contribution in [1.82, 2.24) is 15.1 Å². The van der Waals surface area contributed by atoms with Gasteiger partial charge in [0.25, 0.3) is 0 Å². The first-order valence-corrected chi connectivity index (χ1v) is 20.6. The number of ketones is 2. The van der Waals surface area contributed by atoms with E-state index in [4.69, 9.17) is 14.2 Å². The number of phenols is 1. The number of carbonyl (C=O) groups excluding carboxylic acids is 3. The van der Waals surface area contributed by atoms with Crippen LogP contribution in [0.25, 0.3) is 6.08 Å². The number of allylic oxidation sites excluding steroid dienone is 5. The molecular formula is C46H61N3O7. The second-order valence-corrected chi connectivity index (χ2v) is 18.2. The summed E-state index contributed by atoms with van der Waals surface area (Å²) < 4.78 is 21.1. The number of carbonyl (C=O) groups is 3. The van der Waals surface area contributed by atoms with Crippen LogP contribution in [0.5, 0.6) is 17.2 Å². The highest BCUT2D eigenvalue weighted by molar-refractivity contribution is 6.19. The maximum atomic E-state index is 15.0. The van der Waals surface area contributed by atoms with Crippen LogP contribution < -0.4 is 14.8 Å². The van der Waals surface area contributed by atoms with Gasteiger partial charge >= 0.3 is 0 Å². The van der Waals surface area contributed by atoms with Crippen LogP contribution in [0.15, 0.2) is 52.7 Å². The Hall–Kier alpha value is -3.99. The lowest BCUT2D eigenvalue weighted by molar-refractivity contribution is -0.171. The normalized spacial score (nSPS) is 30.1. The van der Waals surface area contributed by atoms with Crippen molar-refractivity contribution < 1.29 is 33.7 Å². The fourth-order valence-electron chi connectivity index (χ4n) is 9.89. The van der Waals surface area contributed by atoms with Crippen LogP contribution in [-0.4, -0.2) is 101 Å². The number of nitrogens with one attached hydrogen (secondary N) is 1. The number of benzene rings is 1. The molecule has 0 aromatic heterocycles. The van der Waals surface area contributed by atoms with E-state index in [2.05, 4.69) is 48.2 Å². The Morgan fingerprint density at radius 3 is 2.39 bits per heavy atom. The number of phenolic OH excluding ortho intramolecular Hbond substituents is 1. The highest BCUT2D eigenvalue weighted by Crippen LogP contribution is 2.68. The molecule has 5 unspecified atom stereocenters. The van der Waals surface area contributed by atoms with E-state index in [9.17, 15) is 14.7 Å². The Morgan fingerprint density at radius 2 is 1.70 bits per heavy atom. The zero-order chi connectivity index (χ0) is 40.4. The van der Waals surface area contributed by atoms with E-state index in [-0.39, 0.29) is 46.9 Å². The number of hydrogen-bond donors (Lipinski definition) is 2. The lowest BCUT2D eigenvalue weighted by atomic mass is 9.51. The summed E-state index contributed by atoms with van der Waals surface area (Å²) in [6.45, 7) is 21.5. The molecule has 3 fully saturated rings. The van der Waals surface area contributed by atoms with Crippen molar-refractivity contribution in [3.8, 4) is 17.2 Å². The summed E-state index contributed by atoms with van der Waals surface area (Å²) in [6, 6.07) is 0. The predicted molar refractivity (Wildman–Crippen MR) is 218 cm³/mol. The molecule has 1 aromatic rings. The lowest BCUT2D eigenvalue weighted by Gasteiger charge is -2.56. The number of hydrogen-bond acceptors (Lipinski definition) is 9. The number of aromatic hydroxyl groups is 1. The summed E-state index contributed by atoms with van der Waals surface area (Å²) in [5.41, 5.74) is -0.209. The minimum absolute atomic E-state index is 0.0602. The average molecular weight is 768 g/mol. The minimum Gasteiger partial charge on any atom is -0.506 e. The van der Waals surface area contributed by atoms with Crippen molar-refractivity contribution in [2.75, 3.05) is 46.3 Å². The third-order valence-electron chi connectivity index (χ3n) is 13.0. The molecule has 4 heterocycles. The number of fused-ring (bicyclic) bond motifs is 2. The summed E-state index contributed by atoms with van der Waals surface area (Å²) in [7, 11) is 2.14. The van der Waals surface area contributed by atoms with E-state index in [0.29, 0.717) is 53.8 Å². The molecule has 5 atom stereocenters. The Kier molecular flexibility index (Phi) is 10.6. The first-order chi connectivity index (χ1) is 26.4. The van der Waals surface area contributed by atoms with Crippen molar-refractivity contribution in [1.29, 1.82) is 0 Å². The van der Waals surface area contributed by atoms with Gasteiger partial charge in [-0.15, -0.1) is 0 Å². The molecule has 56 heavy (non-hydrogen) atoms. The smallest absolute Gasteiger partial charge is 0.246 e. The molecule has 4 aliphatic heterocycles. The second kappa shape index (κ2) is 14.7. The molecular weight excluding hydrogens is 707 g/mol. The maximum Gasteiger partial charge on any atom is 0.246 e. The molecule has 0 radical (unpaired) electrons. The van der Waals surface area contributed by atoms with Crippen LogP contribution in [0.3, 0.4) is 0 Å². The van der Waals surface area contributed by atoms with Crippen LogP contribution in [-0.2, 0) is 20.7 Å². The maximum absolute atomic E-state index is 15.0. The molecule has 302 valence electrons. The van der Waals surface area contributed by atoms with Crippen LogP contribution in [0, 0.1) is 11.8 Å². The number of Topliss-reactive ketones (excluding diaryl/α,β-unsaturated/α-hetero) is 2. The van der Waals surface area contributed by atoms with Crippen molar-refractivity contribution in [3.05, 3.63) is 69.4 Å². The van der Waals surface area contributed by atoms with Gasteiger partial charge in [0.2, 0.25) is 5.91 Å². The fraction of sp³-hybridized carbons (Fsp3) is 0.587. The van der Waals surface area contributed by atoms with Gasteiger partial charge in [0.15, 0.2) is 22.8 Å². The summed E-state index contributed by atoms with van der Waals surface area (Å²) in [6.07, 6.45) is 14.9. The van der Waals surface area contributed by atoms with Gasteiger partial charge in [-0.1, -0.05) is 35.5 Å². The Balaban J connectivity index is 1.25. The van der Waals surface area contributed by atoms with Gasteiger partial charge in [0.1, 0.15) is 28.4 Å². The largest absolute Gasteiger partial charge is 0.506 e. The molecule has 1 amide bonds. The number of nitrogens with zero attached hydrogens (tertiary/aromatic N) is 2. The van der Waals surface area contributed by atoms with Crippen molar-refractivity contribution >= 4 is 23.5 Å². The van der Waals surface area contributed by atoms with Gasteiger partial charge < -0.3 is 34.4 Å². The van der Waals surface area contributed by atoms with Crippen LogP contribution in [0.2, 0.25) is 0 Å². The van der Waals surface area contributed by atoms with Gasteiger partial charge in [-0.3, -0.25) is 14.4 Å². The van der Waals surface area contributed by atoms with E-state index >= 15 is 4.79 Å². The topological polar surface area (TPSA) is 118 Å². The van der Waals surface area contributed by atoms with Crippen LogP contribution >= 0.6 is 0 Å². The summed E-state index contributed by atoms with van der Waals surface area (Å²) in [5, 5.41) is 15.0. The third kappa shape index (κ3) is 6.69. The number of ether oxygens (including phenoxy) is 3. The molecule has 1 saturated carbocycles. The SMILES string of the molecule is CC(C)=CCCC1(C)C=Cc2c(O)c3c(c(CC=C(C)C)c2O1)OC12C(=CC4CC1C(C)(C)OC2(C/C=C(/C)C(=O)NCCCN1CCN(C)CC1)C4=O)C3=O. The molecule has 3 aliphatic carbocycles. The van der Waals surface area contributed by atoms with E-state index in [1.54, 1.807) is 19.1 Å². The molecule has 2 N–H and O–H groups in total. The van der Waals surface area contributed by atoms with Gasteiger partial charge in [-0.25, -0.2) is 0 Å². The van der Waals surface area contributed by atoms with Crippen molar-refractivity contribution in [3.63, 3.8) is 0 Å².